The molecule has 2 aromatic carbocycles. The molecule has 114 valence electrons. The Bertz CT molecular complexity index is 694. The molecule has 4 rings (SSSR count). The number of carbonyl (C=O) groups excluding carboxylic acids is 1. The maximum Gasteiger partial charge on any atom is 0.321 e. The highest BCUT2D eigenvalue weighted by molar-refractivity contribution is 6.01. The molecule has 2 aliphatic heterocycles. The van der Waals surface area contributed by atoms with Gasteiger partial charge in [0.1, 0.15) is 0 Å². The molecule has 2 aliphatic rings. The Hall–Kier alpha value is -2.07. The molecule has 4 heteroatoms. The van der Waals surface area contributed by atoms with Crippen LogP contribution < -0.4 is 10.6 Å². The molecule has 2 aromatic rings. The predicted octanol–water partition coefficient (Wildman–Crippen LogP) is 3.20. The van der Waals surface area contributed by atoms with Crippen LogP contribution in [0.1, 0.15) is 19.3 Å². The number of hydrogen-bond acceptors (Lipinski definition) is 2. The molecule has 4 nitrogen and oxygen atoms in total. The van der Waals surface area contributed by atoms with Gasteiger partial charge in [-0.25, -0.2) is 4.79 Å². The molecule has 0 aromatic heterocycles. The van der Waals surface area contributed by atoms with Gasteiger partial charge in [0.15, 0.2) is 0 Å². The number of amides is 2. The number of likely N-dealkylation sites (tertiary alicyclic amines) is 1. The lowest BCUT2D eigenvalue weighted by atomic mass is 10.1. The van der Waals surface area contributed by atoms with Crippen LogP contribution in [-0.2, 0) is 0 Å². The summed E-state index contributed by atoms with van der Waals surface area (Å²) in [6.45, 7) is 1.65. The maximum atomic E-state index is 12.6. The minimum absolute atomic E-state index is 0.0192. The van der Waals surface area contributed by atoms with E-state index in [0.717, 1.165) is 36.0 Å². The second kappa shape index (κ2) is 5.61. The zero-order valence-electron chi connectivity index (χ0n) is 12.6. The third kappa shape index (κ3) is 2.55. The Labute approximate surface area is 130 Å². The Morgan fingerprint density at radius 2 is 1.86 bits per heavy atom. The second-order valence-corrected chi connectivity index (χ2v) is 6.33. The summed E-state index contributed by atoms with van der Waals surface area (Å²) in [6.07, 6.45) is 3.49. The molecule has 2 bridgehead atoms. The quantitative estimate of drug-likeness (QED) is 0.848. The highest BCUT2D eigenvalue weighted by atomic mass is 16.2. The Kier molecular flexibility index (Phi) is 3.47. The number of carbonyl (C=O) groups is 1. The molecule has 0 aliphatic carbocycles. The van der Waals surface area contributed by atoms with Gasteiger partial charge in [-0.1, -0.05) is 36.4 Å². The number of rotatable bonds is 1. The van der Waals surface area contributed by atoms with E-state index in [2.05, 4.69) is 28.8 Å². The van der Waals surface area contributed by atoms with Gasteiger partial charge in [-0.15, -0.1) is 0 Å². The first-order valence-electron chi connectivity index (χ1n) is 8.09. The van der Waals surface area contributed by atoms with Gasteiger partial charge in [-0.2, -0.15) is 0 Å². The van der Waals surface area contributed by atoms with Crippen LogP contribution in [0.15, 0.2) is 42.5 Å². The topological polar surface area (TPSA) is 44.4 Å². The van der Waals surface area contributed by atoms with E-state index < -0.39 is 0 Å². The average molecular weight is 295 g/mol. The number of fused-ring (bicyclic) bond motifs is 3. The van der Waals surface area contributed by atoms with Crippen LogP contribution in [0.4, 0.5) is 10.5 Å². The van der Waals surface area contributed by atoms with Crippen molar-refractivity contribution in [2.24, 2.45) is 0 Å². The number of nitrogens with one attached hydrogen (secondary N) is 2. The van der Waals surface area contributed by atoms with Crippen LogP contribution >= 0.6 is 0 Å². The number of hydrogen-bond donors (Lipinski definition) is 2. The minimum Gasteiger partial charge on any atom is -0.323 e. The van der Waals surface area contributed by atoms with Gasteiger partial charge < -0.3 is 15.5 Å². The molecule has 2 amide bonds. The van der Waals surface area contributed by atoms with Crippen molar-refractivity contribution < 1.29 is 4.79 Å². The Morgan fingerprint density at radius 3 is 2.82 bits per heavy atom. The zero-order valence-corrected chi connectivity index (χ0v) is 12.6. The average Bonchev–Trinajstić information content (AvgIpc) is 2.86. The summed E-state index contributed by atoms with van der Waals surface area (Å²) in [5.74, 6) is 0. The zero-order chi connectivity index (χ0) is 14.9. The van der Waals surface area contributed by atoms with Crippen LogP contribution in [0.25, 0.3) is 10.8 Å². The molecule has 0 spiro atoms. The molecule has 0 saturated carbocycles. The van der Waals surface area contributed by atoms with Crippen molar-refractivity contribution in [2.45, 2.75) is 31.3 Å². The van der Waals surface area contributed by atoms with Crippen LogP contribution in [0.3, 0.4) is 0 Å². The summed E-state index contributed by atoms with van der Waals surface area (Å²) < 4.78 is 0. The summed E-state index contributed by atoms with van der Waals surface area (Å²) >= 11 is 0. The maximum absolute atomic E-state index is 12.6. The fourth-order valence-corrected chi connectivity index (χ4v) is 3.66. The van der Waals surface area contributed by atoms with Gasteiger partial charge in [0.2, 0.25) is 0 Å². The van der Waals surface area contributed by atoms with E-state index in [9.17, 15) is 4.79 Å². The Balaban J connectivity index is 1.53. The van der Waals surface area contributed by atoms with E-state index in [4.69, 9.17) is 0 Å². The van der Waals surface area contributed by atoms with Crippen molar-refractivity contribution in [1.29, 1.82) is 0 Å². The standard InChI is InChI=1S/C18H21N3O/c22-18(21-11-10-14-8-9-15(12-21)19-14)20-17-7-3-5-13-4-1-2-6-16(13)17/h1-7,14-15,19H,8-12H2,(H,20,22). The highest BCUT2D eigenvalue weighted by Gasteiger charge is 2.31. The van der Waals surface area contributed by atoms with Crippen molar-refractivity contribution in [3.05, 3.63) is 42.5 Å². The van der Waals surface area contributed by atoms with Crippen LogP contribution in [-0.4, -0.2) is 36.1 Å². The molecule has 2 unspecified atom stereocenters. The minimum atomic E-state index is 0.0192. The van der Waals surface area contributed by atoms with Gasteiger partial charge >= 0.3 is 6.03 Å². The summed E-state index contributed by atoms with van der Waals surface area (Å²) in [5, 5.41) is 8.95. The van der Waals surface area contributed by atoms with Crippen molar-refractivity contribution in [2.75, 3.05) is 18.4 Å². The summed E-state index contributed by atoms with van der Waals surface area (Å²) in [5.41, 5.74) is 0.894. The van der Waals surface area contributed by atoms with E-state index in [0.29, 0.717) is 12.1 Å². The van der Waals surface area contributed by atoms with Crippen molar-refractivity contribution >= 4 is 22.5 Å². The first kappa shape index (κ1) is 13.6. The predicted molar refractivity (Wildman–Crippen MR) is 89.1 cm³/mol. The molecule has 22 heavy (non-hydrogen) atoms. The van der Waals surface area contributed by atoms with E-state index in [1.807, 2.05) is 29.2 Å². The molecule has 0 radical (unpaired) electrons. The summed E-state index contributed by atoms with van der Waals surface area (Å²) in [6, 6.07) is 15.3. The fraction of sp³-hybridized carbons (Fsp3) is 0.389. The van der Waals surface area contributed by atoms with Gasteiger partial charge in [0.05, 0.1) is 5.69 Å². The molecule has 2 heterocycles. The first-order valence-corrected chi connectivity index (χ1v) is 8.09. The lowest BCUT2D eigenvalue weighted by Gasteiger charge is -2.24. The smallest absolute Gasteiger partial charge is 0.321 e. The summed E-state index contributed by atoms with van der Waals surface area (Å²) in [7, 11) is 0. The number of benzene rings is 2. The second-order valence-electron chi connectivity index (χ2n) is 6.33. The van der Waals surface area contributed by atoms with E-state index in [-0.39, 0.29) is 6.03 Å². The van der Waals surface area contributed by atoms with Crippen LogP contribution in [0, 0.1) is 0 Å². The molecular weight excluding hydrogens is 274 g/mol. The SMILES string of the molecule is O=C(Nc1cccc2ccccc12)N1CCC2CCC(C1)N2. The molecular formula is C18H21N3O. The molecule has 2 saturated heterocycles. The van der Waals surface area contributed by atoms with Gasteiger partial charge in [-0.05, 0) is 30.7 Å². The van der Waals surface area contributed by atoms with Crippen molar-refractivity contribution in [3.8, 4) is 0 Å². The monoisotopic (exact) mass is 295 g/mol. The third-order valence-corrected chi connectivity index (χ3v) is 4.84. The Morgan fingerprint density at radius 1 is 1.05 bits per heavy atom. The molecule has 2 N–H and O–H groups in total. The third-order valence-electron chi connectivity index (χ3n) is 4.84. The van der Waals surface area contributed by atoms with Crippen molar-refractivity contribution in [3.63, 3.8) is 0 Å². The van der Waals surface area contributed by atoms with E-state index in [1.54, 1.807) is 0 Å². The molecule has 2 fully saturated rings. The van der Waals surface area contributed by atoms with Crippen LogP contribution in [0.2, 0.25) is 0 Å². The first-order chi connectivity index (χ1) is 10.8. The number of nitrogens with zero attached hydrogens (tertiary/aromatic N) is 1. The van der Waals surface area contributed by atoms with E-state index >= 15 is 0 Å². The van der Waals surface area contributed by atoms with Gasteiger partial charge in [0.25, 0.3) is 0 Å². The van der Waals surface area contributed by atoms with Crippen LogP contribution in [0.5, 0.6) is 0 Å². The lowest BCUT2D eigenvalue weighted by Crippen LogP contribution is -2.41. The summed E-state index contributed by atoms with van der Waals surface area (Å²) in [4.78, 5) is 14.6. The van der Waals surface area contributed by atoms with E-state index in [1.165, 1.54) is 12.8 Å². The van der Waals surface area contributed by atoms with Gasteiger partial charge in [-0.3, -0.25) is 0 Å². The number of anilines is 1. The molecule has 2 atom stereocenters. The fourth-order valence-electron chi connectivity index (χ4n) is 3.66. The number of urea groups is 1. The normalized spacial score (nSPS) is 24.3. The largest absolute Gasteiger partial charge is 0.323 e. The lowest BCUT2D eigenvalue weighted by molar-refractivity contribution is 0.208. The van der Waals surface area contributed by atoms with Gasteiger partial charge in [0, 0.05) is 30.6 Å². The van der Waals surface area contributed by atoms with Crippen molar-refractivity contribution in [1.82, 2.24) is 10.2 Å². The highest BCUT2D eigenvalue weighted by Crippen LogP contribution is 2.24.